The number of halogens is 3. The molecule has 2 rings (SSSR count). The van der Waals surface area contributed by atoms with E-state index in [1.165, 1.54) is 30.5 Å². The molecule has 0 aliphatic rings. The Morgan fingerprint density at radius 2 is 2.05 bits per heavy atom. The minimum absolute atomic E-state index is 0.0586. The first kappa shape index (κ1) is 13.1. The number of pyridine rings is 1. The van der Waals surface area contributed by atoms with Crippen LogP contribution in [0.2, 0.25) is 0 Å². The van der Waals surface area contributed by atoms with E-state index in [1.807, 2.05) is 0 Å². The molecule has 1 aromatic carbocycles. The SMILES string of the molecule is O=C(c1cccc(OC(F)F)c1)c1ccncc1F. The summed E-state index contributed by atoms with van der Waals surface area (Å²) in [7, 11) is 0. The second-order valence-corrected chi connectivity index (χ2v) is 3.59. The first-order chi connectivity index (χ1) is 9.08. The molecule has 0 spiro atoms. The van der Waals surface area contributed by atoms with Crippen LogP contribution in [0.15, 0.2) is 42.7 Å². The lowest BCUT2D eigenvalue weighted by Crippen LogP contribution is -2.06. The van der Waals surface area contributed by atoms with E-state index in [4.69, 9.17) is 0 Å². The van der Waals surface area contributed by atoms with Crippen LogP contribution in [0.4, 0.5) is 13.2 Å². The average Bonchev–Trinajstić information content (AvgIpc) is 2.38. The van der Waals surface area contributed by atoms with Gasteiger partial charge in [0.1, 0.15) is 5.75 Å². The number of alkyl halides is 2. The Kier molecular flexibility index (Phi) is 3.79. The molecule has 3 nitrogen and oxygen atoms in total. The van der Waals surface area contributed by atoms with Crippen molar-refractivity contribution in [3.63, 3.8) is 0 Å². The number of ketones is 1. The van der Waals surface area contributed by atoms with Crippen molar-refractivity contribution in [2.45, 2.75) is 6.61 Å². The lowest BCUT2D eigenvalue weighted by atomic mass is 10.0. The second-order valence-electron chi connectivity index (χ2n) is 3.59. The van der Waals surface area contributed by atoms with Gasteiger partial charge in [-0.25, -0.2) is 4.39 Å². The third-order valence-electron chi connectivity index (χ3n) is 2.34. The van der Waals surface area contributed by atoms with Crippen molar-refractivity contribution in [2.75, 3.05) is 0 Å². The predicted molar refractivity (Wildman–Crippen MR) is 60.7 cm³/mol. The van der Waals surface area contributed by atoms with Crippen molar-refractivity contribution in [2.24, 2.45) is 0 Å². The lowest BCUT2D eigenvalue weighted by molar-refractivity contribution is -0.0498. The Hall–Kier alpha value is -2.37. The molecule has 0 amide bonds. The van der Waals surface area contributed by atoms with Gasteiger partial charge in [0.25, 0.3) is 0 Å². The molecule has 98 valence electrons. The predicted octanol–water partition coefficient (Wildman–Crippen LogP) is 3.05. The molecule has 0 fully saturated rings. The summed E-state index contributed by atoms with van der Waals surface area (Å²) in [6, 6.07) is 6.41. The fourth-order valence-corrected chi connectivity index (χ4v) is 1.53. The molecule has 0 unspecified atom stereocenters. The Morgan fingerprint density at radius 1 is 1.26 bits per heavy atom. The first-order valence-electron chi connectivity index (χ1n) is 5.27. The average molecular weight is 267 g/mol. The molecule has 0 bridgehead atoms. The van der Waals surface area contributed by atoms with Gasteiger partial charge in [0.15, 0.2) is 11.6 Å². The number of hydrogen-bond acceptors (Lipinski definition) is 3. The van der Waals surface area contributed by atoms with E-state index in [0.29, 0.717) is 0 Å². The van der Waals surface area contributed by atoms with Gasteiger partial charge >= 0.3 is 6.61 Å². The first-order valence-corrected chi connectivity index (χ1v) is 5.27. The molecule has 1 heterocycles. The topological polar surface area (TPSA) is 39.2 Å². The summed E-state index contributed by atoms with van der Waals surface area (Å²) in [5.74, 6) is -1.55. The maximum absolute atomic E-state index is 13.4. The Labute approximate surface area is 106 Å². The van der Waals surface area contributed by atoms with Crippen LogP contribution in [0.3, 0.4) is 0 Å². The van der Waals surface area contributed by atoms with E-state index >= 15 is 0 Å². The number of nitrogens with zero attached hydrogens (tertiary/aromatic N) is 1. The van der Waals surface area contributed by atoms with Gasteiger partial charge in [-0.3, -0.25) is 9.78 Å². The summed E-state index contributed by atoms with van der Waals surface area (Å²) in [6.45, 7) is -2.98. The van der Waals surface area contributed by atoms with Crippen LogP contribution in [-0.4, -0.2) is 17.4 Å². The van der Waals surface area contributed by atoms with Crippen molar-refractivity contribution >= 4 is 5.78 Å². The smallest absolute Gasteiger partial charge is 0.387 e. The molecule has 0 atom stereocenters. The standard InChI is InChI=1S/C13H8F3NO2/c14-11-7-17-5-4-10(11)12(18)8-2-1-3-9(6-8)19-13(15)16/h1-7,13H. The molecule has 0 saturated carbocycles. The maximum atomic E-state index is 13.4. The van der Waals surface area contributed by atoms with Crippen LogP contribution in [0.5, 0.6) is 5.75 Å². The van der Waals surface area contributed by atoms with Gasteiger partial charge in [0.2, 0.25) is 0 Å². The van der Waals surface area contributed by atoms with Gasteiger partial charge < -0.3 is 4.74 Å². The van der Waals surface area contributed by atoms with Gasteiger partial charge in [-0.1, -0.05) is 12.1 Å². The van der Waals surface area contributed by atoms with Crippen molar-refractivity contribution in [1.29, 1.82) is 0 Å². The van der Waals surface area contributed by atoms with Crippen molar-refractivity contribution in [3.8, 4) is 5.75 Å². The van der Waals surface area contributed by atoms with Crippen LogP contribution in [-0.2, 0) is 0 Å². The Morgan fingerprint density at radius 3 is 2.74 bits per heavy atom. The van der Waals surface area contributed by atoms with Crippen LogP contribution in [0, 0.1) is 5.82 Å². The lowest BCUT2D eigenvalue weighted by Gasteiger charge is -2.06. The number of carbonyl (C=O) groups is 1. The van der Waals surface area contributed by atoms with Crippen LogP contribution in [0.25, 0.3) is 0 Å². The summed E-state index contributed by atoms with van der Waals surface area (Å²) < 4.78 is 41.7. The highest BCUT2D eigenvalue weighted by Crippen LogP contribution is 2.19. The molecule has 0 N–H and O–H groups in total. The molecular formula is C13H8F3NO2. The second kappa shape index (κ2) is 5.51. The van der Waals surface area contributed by atoms with Gasteiger partial charge in [-0.15, -0.1) is 0 Å². The summed E-state index contributed by atoms with van der Waals surface area (Å²) >= 11 is 0. The highest BCUT2D eigenvalue weighted by Gasteiger charge is 2.15. The van der Waals surface area contributed by atoms with E-state index in [1.54, 1.807) is 0 Å². The monoisotopic (exact) mass is 267 g/mol. The molecule has 2 aromatic rings. The van der Waals surface area contributed by atoms with E-state index in [0.717, 1.165) is 12.3 Å². The van der Waals surface area contributed by atoms with E-state index in [-0.39, 0.29) is 16.9 Å². The number of benzene rings is 1. The largest absolute Gasteiger partial charge is 0.435 e. The molecule has 0 aliphatic heterocycles. The number of aromatic nitrogens is 1. The van der Waals surface area contributed by atoms with Gasteiger partial charge in [-0.2, -0.15) is 8.78 Å². The maximum Gasteiger partial charge on any atom is 0.387 e. The summed E-state index contributed by atoms with van der Waals surface area (Å²) in [6.07, 6.45) is 2.18. The van der Waals surface area contributed by atoms with E-state index < -0.39 is 18.2 Å². The van der Waals surface area contributed by atoms with Gasteiger partial charge in [0.05, 0.1) is 11.8 Å². The summed E-state index contributed by atoms with van der Waals surface area (Å²) in [5, 5.41) is 0. The van der Waals surface area contributed by atoms with Gasteiger partial charge in [0, 0.05) is 11.8 Å². The minimum Gasteiger partial charge on any atom is -0.435 e. The zero-order valence-corrected chi connectivity index (χ0v) is 9.52. The molecule has 1 aromatic heterocycles. The molecule has 19 heavy (non-hydrogen) atoms. The molecule has 0 aliphatic carbocycles. The van der Waals surface area contributed by atoms with Crippen LogP contribution < -0.4 is 4.74 Å². The van der Waals surface area contributed by atoms with Crippen molar-refractivity contribution in [1.82, 2.24) is 4.98 Å². The van der Waals surface area contributed by atoms with Crippen LogP contribution in [0.1, 0.15) is 15.9 Å². The zero-order chi connectivity index (χ0) is 13.8. The van der Waals surface area contributed by atoms with Crippen LogP contribution >= 0.6 is 0 Å². The normalized spacial score (nSPS) is 10.5. The third-order valence-corrected chi connectivity index (χ3v) is 2.34. The van der Waals surface area contributed by atoms with Crippen molar-refractivity contribution < 1.29 is 22.7 Å². The number of hydrogen-bond donors (Lipinski definition) is 0. The highest BCUT2D eigenvalue weighted by molar-refractivity contribution is 6.09. The third kappa shape index (κ3) is 3.09. The number of rotatable bonds is 4. The Balaban J connectivity index is 2.32. The van der Waals surface area contributed by atoms with E-state index in [9.17, 15) is 18.0 Å². The summed E-state index contributed by atoms with van der Waals surface area (Å²) in [5.41, 5.74) is -0.118. The molecule has 6 heteroatoms. The quantitative estimate of drug-likeness (QED) is 0.799. The zero-order valence-electron chi connectivity index (χ0n) is 9.52. The number of ether oxygens (including phenoxy) is 1. The highest BCUT2D eigenvalue weighted by atomic mass is 19.3. The molecule has 0 saturated heterocycles. The molecular weight excluding hydrogens is 259 g/mol. The number of carbonyl (C=O) groups excluding carboxylic acids is 1. The Bertz CT molecular complexity index is 602. The van der Waals surface area contributed by atoms with Gasteiger partial charge in [-0.05, 0) is 18.2 Å². The molecule has 0 radical (unpaired) electrons. The van der Waals surface area contributed by atoms with E-state index in [2.05, 4.69) is 9.72 Å². The fraction of sp³-hybridized carbons (Fsp3) is 0.0769. The fourth-order valence-electron chi connectivity index (χ4n) is 1.53. The summed E-state index contributed by atoms with van der Waals surface area (Å²) in [4.78, 5) is 15.5. The van der Waals surface area contributed by atoms with Crippen molar-refractivity contribution in [3.05, 3.63) is 59.7 Å². The minimum atomic E-state index is -2.98.